The van der Waals surface area contributed by atoms with Crippen molar-refractivity contribution in [2.45, 2.75) is 6.18 Å². The van der Waals surface area contributed by atoms with Crippen molar-refractivity contribution in [2.75, 3.05) is 37.9 Å². The molecule has 2 heterocycles. The van der Waals surface area contributed by atoms with Crippen LogP contribution in [0.4, 0.5) is 23.7 Å². The first-order valence-electron chi connectivity index (χ1n) is 7.13. The monoisotopic (exact) mass is 345 g/mol. The summed E-state index contributed by atoms with van der Waals surface area (Å²) in [5.74, 6) is 0.240. The van der Waals surface area contributed by atoms with Gasteiger partial charge in [0.05, 0.1) is 0 Å². The highest BCUT2D eigenvalue weighted by atomic mass is 19.4. The first-order chi connectivity index (χ1) is 11.3. The molecule has 0 radical (unpaired) electrons. The minimum atomic E-state index is -4.48. The van der Waals surface area contributed by atoms with E-state index in [1.54, 1.807) is 23.5 Å². The third-order valence-corrected chi connectivity index (χ3v) is 3.58. The van der Waals surface area contributed by atoms with Gasteiger partial charge in [-0.3, -0.25) is 9.69 Å². The van der Waals surface area contributed by atoms with Crippen LogP contribution < -0.4 is 19.7 Å². The van der Waals surface area contributed by atoms with E-state index >= 15 is 0 Å². The van der Waals surface area contributed by atoms with Crippen molar-refractivity contribution < 1.29 is 32.2 Å². The number of benzene rings is 1. The molecule has 1 saturated heterocycles. The maximum Gasteiger partial charge on any atom is 0.405 e. The van der Waals surface area contributed by atoms with Crippen molar-refractivity contribution in [3.05, 3.63) is 18.2 Å². The largest absolute Gasteiger partial charge is 0.454 e. The molecule has 130 valence electrons. The number of rotatable bonds is 4. The maximum absolute atomic E-state index is 12.3. The topological polar surface area (TPSA) is 71.1 Å². The first-order valence-corrected chi connectivity index (χ1v) is 7.13. The van der Waals surface area contributed by atoms with E-state index in [1.807, 2.05) is 0 Å². The Morgan fingerprint density at radius 1 is 1.21 bits per heavy atom. The van der Waals surface area contributed by atoms with Crippen LogP contribution >= 0.6 is 0 Å². The lowest BCUT2D eigenvalue weighted by atomic mass is 10.2. The van der Waals surface area contributed by atoms with Gasteiger partial charge in [0, 0.05) is 24.8 Å². The minimum Gasteiger partial charge on any atom is -0.454 e. The van der Waals surface area contributed by atoms with E-state index in [0.29, 0.717) is 23.7 Å². The number of hydrogen-bond donors (Lipinski definition) is 1. The molecule has 7 nitrogen and oxygen atoms in total. The number of ether oxygens (including phenoxy) is 2. The van der Waals surface area contributed by atoms with Crippen LogP contribution in [0.5, 0.6) is 11.5 Å². The molecule has 0 saturated carbocycles. The van der Waals surface area contributed by atoms with Crippen LogP contribution in [0.15, 0.2) is 18.2 Å². The molecule has 3 amide bonds. The summed E-state index contributed by atoms with van der Waals surface area (Å²) < 4.78 is 46.7. The quantitative estimate of drug-likeness (QED) is 0.894. The van der Waals surface area contributed by atoms with Crippen LogP contribution in [0.1, 0.15) is 0 Å². The number of hydrogen-bond acceptors (Lipinski definition) is 4. The Bertz CT molecular complexity index is 665. The molecule has 0 unspecified atom stereocenters. The Kier molecular flexibility index (Phi) is 4.12. The van der Waals surface area contributed by atoms with Gasteiger partial charge < -0.3 is 19.7 Å². The van der Waals surface area contributed by atoms with E-state index in [2.05, 4.69) is 0 Å². The average Bonchev–Trinajstić information content (AvgIpc) is 3.11. The second-order valence-corrected chi connectivity index (χ2v) is 5.29. The Labute approximate surface area is 134 Å². The first kappa shape index (κ1) is 16.2. The molecule has 2 aliphatic heterocycles. The second kappa shape index (κ2) is 6.10. The fourth-order valence-corrected chi connectivity index (χ4v) is 2.45. The van der Waals surface area contributed by atoms with Gasteiger partial charge in [0.1, 0.15) is 13.1 Å². The van der Waals surface area contributed by atoms with E-state index in [4.69, 9.17) is 9.47 Å². The van der Waals surface area contributed by atoms with Crippen LogP contribution in [-0.4, -0.2) is 56.0 Å². The smallest absolute Gasteiger partial charge is 0.405 e. The highest BCUT2D eigenvalue weighted by molar-refractivity contribution is 5.96. The van der Waals surface area contributed by atoms with Crippen molar-refractivity contribution >= 4 is 17.6 Å². The molecular weight excluding hydrogens is 331 g/mol. The van der Waals surface area contributed by atoms with E-state index in [-0.39, 0.29) is 13.3 Å². The second-order valence-electron chi connectivity index (χ2n) is 5.29. The Morgan fingerprint density at radius 2 is 1.96 bits per heavy atom. The van der Waals surface area contributed by atoms with E-state index in [1.165, 1.54) is 9.80 Å². The third-order valence-electron chi connectivity index (χ3n) is 3.58. The van der Waals surface area contributed by atoms with Gasteiger partial charge in [0.25, 0.3) is 0 Å². The van der Waals surface area contributed by atoms with Gasteiger partial charge >= 0.3 is 12.2 Å². The Morgan fingerprint density at radius 3 is 2.71 bits per heavy atom. The molecule has 2 aliphatic rings. The van der Waals surface area contributed by atoms with Gasteiger partial charge in [-0.1, -0.05) is 0 Å². The zero-order valence-electron chi connectivity index (χ0n) is 12.4. The van der Waals surface area contributed by atoms with E-state index < -0.39 is 31.2 Å². The molecule has 1 aromatic rings. The van der Waals surface area contributed by atoms with Crippen LogP contribution in [0, 0.1) is 0 Å². The summed E-state index contributed by atoms with van der Waals surface area (Å²) >= 11 is 0. The molecule has 0 aromatic heterocycles. The van der Waals surface area contributed by atoms with Crippen molar-refractivity contribution in [1.82, 2.24) is 10.2 Å². The summed E-state index contributed by atoms with van der Waals surface area (Å²) in [4.78, 5) is 26.5. The number of halogens is 3. The maximum atomic E-state index is 12.3. The fraction of sp³-hybridized carbons (Fsp3) is 0.429. The molecule has 0 spiro atoms. The zero-order chi connectivity index (χ0) is 17.3. The Hall–Kier alpha value is -2.65. The van der Waals surface area contributed by atoms with Crippen LogP contribution in [0.2, 0.25) is 0 Å². The van der Waals surface area contributed by atoms with Crippen LogP contribution in [0.3, 0.4) is 0 Å². The summed E-state index contributed by atoms with van der Waals surface area (Å²) in [6, 6.07) is 4.55. The molecule has 0 bridgehead atoms. The molecule has 10 heteroatoms. The van der Waals surface area contributed by atoms with Crippen LogP contribution in [-0.2, 0) is 4.79 Å². The molecule has 3 rings (SSSR count). The van der Waals surface area contributed by atoms with Gasteiger partial charge in [0.2, 0.25) is 12.7 Å². The number of amides is 3. The normalized spacial score (nSPS) is 16.7. The summed E-state index contributed by atoms with van der Waals surface area (Å²) in [5, 5.41) is 1.75. The summed E-state index contributed by atoms with van der Waals surface area (Å²) in [6.07, 6.45) is -4.48. The highest BCUT2D eigenvalue weighted by Gasteiger charge is 2.33. The highest BCUT2D eigenvalue weighted by Crippen LogP contribution is 2.36. The predicted octanol–water partition coefficient (Wildman–Crippen LogP) is 1.34. The molecule has 1 N–H and O–H groups in total. The standard InChI is InChI=1S/C14H14F3N3O4/c15-14(16,17)7-18-12(21)6-19-3-4-20(13(19)22)9-1-2-10-11(5-9)24-8-23-10/h1-2,5H,3-4,6-8H2,(H,18,21). The summed E-state index contributed by atoms with van der Waals surface area (Å²) in [6.45, 7) is -1.16. The molecule has 1 aromatic carbocycles. The molecule has 1 fully saturated rings. The van der Waals surface area contributed by atoms with Crippen molar-refractivity contribution in [3.63, 3.8) is 0 Å². The van der Waals surface area contributed by atoms with Gasteiger partial charge in [0.15, 0.2) is 11.5 Å². The summed E-state index contributed by atoms with van der Waals surface area (Å²) in [5.41, 5.74) is 0.572. The number of nitrogens with one attached hydrogen (secondary N) is 1. The number of nitrogens with zero attached hydrogens (tertiary/aromatic N) is 2. The fourth-order valence-electron chi connectivity index (χ4n) is 2.45. The molecule has 0 atom stereocenters. The number of carbonyl (C=O) groups is 2. The van der Waals surface area contributed by atoms with Crippen molar-refractivity contribution in [3.8, 4) is 11.5 Å². The van der Waals surface area contributed by atoms with Gasteiger partial charge in [-0.15, -0.1) is 0 Å². The van der Waals surface area contributed by atoms with Crippen molar-refractivity contribution in [1.29, 1.82) is 0 Å². The number of anilines is 1. The SMILES string of the molecule is O=C(CN1CCN(c2ccc3c(c2)OCO3)C1=O)NCC(F)(F)F. The average molecular weight is 345 g/mol. The molecule has 0 aliphatic carbocycles. The lowest BCUT2D eigenvalue weighted by molar-refractivity contribution is -0.138. The summed E-state index contributed by atoms with van der Waals surface area (Å²) in [7, 11) is 0. The van der Waals surface area contributed by atoms with Crippen molar-refractivity contribution in [2.24, 2.45) is 0 Å². The minimum absolute atomic E-state index is 0.109. The molecular formula is C14H14F3N3O4. The third kappa shape index (κ3) is 3.47. The van der Waals surface area contributed by atoms with E-state index in [9.17, 15) is 22.8 Å². The van der Waals surface area contributed by atoms with Crippen LogP contribution in [0.25, 0.3) is 0 Å². The van der Waals surface area contributed by atoms with Gasteiger partial charge in [-0.25, -0.2) is 4.79 Å². The molecule has 24 heavy (non-hydrogen) atoms. The van der Waals surface area contributed by atoms with E-state index in [0.717, 1.165) is 0 Å². The van der Waals surface area contributed by atoms with Gasteiger partial charge in [-0.05, 0) is 12.1 Å². The number of carbonyl (C=O) groups excluding carboxylic acids is 2. The number of urea groups is 1. The number of fused-ring (bicyclic) bond motifs is 1. The number of alkyl halides is 3. The lowest BCUT2D eigenvalue weighted by Gasteiger charge is -2.19. The zero-order valence-corrected chi connectivity index (χ0v) is 12.4. The predicted molar refractivity (Wildman–Crippen MR) is 75.9 cm³/mol. The lowest BCUT2D eigenvalue weighted by Crippen LogP contribution is -2.42. The Balaban J connectivity index is 1.60. The van der Waals surface area contributed by atoms with Gasteiger partial charge in [-0.2, -0.15) is 13.2 Å².